The molecule has 0 saturated carbocycles. The van der Waals surface area contributed by atoms with E-state index >= 15 is 0 Å². The summed E-state index contributed by atoms with van der Waals surface area (Å²) in [7, 11) is 0. The number of hydrogen-bond donors (Lipinski definition) is 0. The van der Waals surface area contributed by atoms with Crippen molar-refractivity contribution in [1.82, 2.24) is 0 Å². The second-order valence-corrected chi connectivity index (χ2v) is 7.67. The Kier molecular flexibility index (Phi) is 4.77. The summed E-state index contributed by atoms with van der Waals surface area (Å²) in [5.74, 6) is -0.996. The number of hydrogen-bond acceptors (Lipinski definition) is 3. The summed E-state index contributed by atoms with van der Waals surface area (Å²) in [6.45, 7) is 4.33. The predicted molar refractivity (Wildman–Crippen MR) is 88.8 cm³/mol. The van der Waals surface area contributed by atoms with Gasteiger partial charge in [-0.2, -0.15) is 0 Å². The predicted octanol–water partition coefficient (Wildman–Crippen LogP) is 4.49. The maximum Gasteiger partial charge on any atom is 0.312 e. The molecule has 1 unspecified atom stereocenters. The lowest BCUT2D eigenvalue weighted by Gasteiger charge is -2.52. The first-order valence-corrected chi connectivity index (χ1v) is 9.39. The van der Waals surface area contributed by atoms with E-state index < -0.39 is 5.97 Å². The molecule has 0 aromatic heterocycles. The van der Waals surface area contributed by atoms with E-state index in [2.05, 4.69) is 50.9 Å². The van der Waals surface area contributed by atoms with E-state index in [1.165, 1.54) is 5.56 Å². The van der Waals surface area contributed by atoms with E-state index in [0.29, 0.717) is 24.6 Å². The zero-order chi connectivity index (χ0) is 14.9. The molecule has 0 aliphatic carbocycles. The zero-order valence-electron chi connectivity index (χ0n) is 12.1. The fourth-order valence-corrected chi connectivity index (χ4v) is 3.66. The molecule has 4 rings (SSSR count). The Hall–Kier alpha value is 0.0600. The summed E-state index contributed by atoms with van der Waals surface area (Å²) in [5.41, 5.74) is 2.21. The van der Waals surface area contributed by atoms with E-state index in [1.807, 2.05) is 12.1 Å². The Bertz CT molecular complexity index is 464. The Balaban J connectivity index is 1.76. The Labute approximate surface area is 142 Å². The third kappa shape index (κ3) is 2.95. The van der Waals surface area contributed by atoms with Gasteiger partial charge in [-0.1, -0.05) is 69.5 Å². The van der Waals surface area contributed by atoms with Crippen molar-refractivity contribution in [3.63, 3.8) is 0 Å². The zero-order valence-corrected chi connectivity index (χ0v) is 15.3. The second kappa shape index (κ2) is 6.28. The molecule has 3 aliphatic heterocycles. The average molecular weight is 420 g/mol. The summed E-state index contributed by atoms with van der Waals surface area (Å²) < 4.78 is 17.9. The quantitative estimate of drug-likeness (QED) is 0.658. The Morgan fingerprint density at radius 1 is 1.10 bits per heavy atom. The molecule has 1 atom stereocenters. The van der Waals surface area contributed by atoms with E-state index in [9.17, 15) is 0 Å². The van der Waals surface area contributed by atoms with Crippen LogP contribution in [0.5, 0.6) is 0 Å². The Morgan fingerprint density at radius 3 is 2.14 bits per heavy atom. The van der Waals surface area contributed by atoms with Crippen LogP contribution in [0.1, 0.15) is 35.7 Å². The minimum absolute atomic E-state index is 0.0490. The molecule has 3 nitrogen and oxygen atoms in total. The van der Waals surface area contributed by atoms with Crippen molar-refractivity contribution in [2.45, 2.75) is 30.6 Å². The van der Waals surface area contributed by atoms with Crippen LogP contribution >= 0.6 is 31.9 Å². The molecular formula is C16H20Br2O3. The summed E-state index contributed by atoms with van der Waals surface area (Å²) in [5, 5.41) is 0.876. The third-order valence-corrected chi connectivity index (χ3v) is 6.62. The van der Waals surface area contributed by atoms with Crippen molar-refractivity contribution in [3.8, 4) is 0 Å². The van der Waals surface area contributed by atoms with Gasteiger partial charge in [-0.05, 0) is 12.0 Å². The average Bonchev–Trinajstić information content (AvgIpc) is 2.56. The first-order chi connectivity index (χ1) is 10.1. The summed E-state index contributed by atoms with van der Waals surface area (Å²) >= 11 is 7.10. The van der Waals surface area contributed by atoms with Crippen molar-refractivity contribution in [1.29, 1.82) is 0 Å². The standard InChI is InChI=1S/C16H20Br2O3/c1-2-7-15-9-19-16(20-10-15,21-11-15)13-5-3-12(4-6-13)14(18)8-17/h3-6,14H,2,7-11H2,1H3. The molecule has 1 aromatic rings. The van der Waals surface area contributed by atoms with Gasteiger partial charge in [0, 0.05) is 21.1 Å². The molecule has 3 saturated heterocycles. The molecule has 21 heavy (non-hydrogen) atoms. The van der Waals surface area contributed by atoms with Crippen molar-refractivity contribution < 1.29 is 14.2 Å². The molecule has 3 fully saturated rings. The van der Waals surface area contributed by atoms with Crippen LogP contribution in [-0.2, 0) is 20.2 Å². The molecule has 0 amide bonds. The van der Waals surface area contributed by atoms with Gasteiger partial charge in [-0.25, -0.2) is 0 Å². The largest absolute Gasteiger partial charge is 0.323 e. The van der Waals surface area contributed by atoms with Crippen molar-refractivity contribution in [2.24, 2.45) is 5.41 Å². The molecule has 5 heteroatoms. The lowest BCUT2D eigenvalue weighted by Crippen LogP contribution is -2.58. The summed E-state index contributed by atoms with van der Waals surface area (Å²) in [6, 6.07) is 8.24. The maximum absolute atomic E-state index is 5.97. The molecule has 3 aliphatic rings. The normalized spacial score (nSPS) is 33.1. The van der Waals surface area contributed by atoms with Gasteiger partial charge in [-0.3, -0.25) is 0 Å². The molecular weight excluding hydrogens is 400 g/mol. The van der Waals surface area contributed by atoms with Gasteiger partial charge in [0.1, 0.15) is 0 Å². The topological polar surface area (TPSA) is 27.7 Å². The van der Waals surface area contributed by atoms with Gasteiger partial charge in [0.25, 0.3) is 0 Å². The molecule has 116 valence electrons. The molecule has 3 heterocycles. The minimum Gasteiger partial charge on any atom is -0.323 e. The van der Waals surface area contributed by atoms with Gasteiger partial charge in [0.05, 0.1) is 19.8 Å². The highest BCUT2D eigenvalue weighted by Crippen LogP contribution is 2.46. The van der Waals surface area contributed by atoms with Gasteiger partial charge < -0.3 is 14.2 Å². The van der Waals surface area contributed by atoms with Crippen LogP contribution < -0.4 is 0 Å². The van der Waals surface area contributed by atoms with E-state index in [4.69, 9.17) is 14.2 Å². The number of halogens is 2. The lowest BCUT2D eigenvalue weighted by atomic mass is 9.83. The van der Waals surface area contributed by atoms with Gasteiger partial charge in [0.15, 0.2) is 0 Å². The summed E-state index contributed by atoms with van der Waals surface area (Å²) in [6.07, 6.45) is 2.20. The third-order valence-electron chi connectivity index (χ3n) is 4.25. The monoisotopic (exact) mass is 418 g/mol. The highest BCUT2D eigenvalue weighted by atomic mass is 79.9. The lowest BCUT2D eigenvalue weighted by molar-refractivity contribution is -0.480. The molecule has 1 aromatic carbocycles. The van der Waals surface area contributed by atoms with Crippen LogP contribution in [0.4, 0.5) is 0 Å². The SMILES string of the molecule is CCCC12COC(c3ccc(C(Br)CBr)cc3)(OC1)OC2. The summed E-state index contributed by atoms with van der Waals surface area (Å²) in [4.78, 5) is 0.307. The minimum atomic E-state index is -0.996. The van der Waals surface area contributed by atoms with Gasteiger partial charge >= 0.3 is 5.97 Å². The molecule has 0 spiro atoms. The van der Waals surface area contributed by atoms with Crippen LogP contribution in [0.2, 0.25) is 0 Å². The van der Waals surface area contributed by atoms with E-state index in [-0.39, 0.29) is 5.41 Å². The number of benzene rings is 1. The highest BCUT2D eigenvalue weighted by molar-refractivity contribution is 9.12. The van der Waals surface area contributed by atoms with Crippen molar-refractivity contribution in [2.75, 3.05) is 25.2 Å². The van der Waals surface area contributed by atoms with Gasteiger partial charge in [-0.15, -0.1) is 0 Å². The fraction of sp³-hybridized carbons (Fsp3) is 0.625. The maximum atomic E-state index is 5.97. The van der Waals surface area contributed by atoms with Crippen molar-refractivity contribution >= 4 is 31.9 Å². The first-order valence-electron chi connectivity index (χ1n) is 7.35. The number of alkyl halides is 2. The fourth-order valence-electron chi connectivity index (χ4n) is 2.98. The first kappa shape index (κ1) is 15.9. The smallest absolute Gasteiger partial charge is 0.312 e. The highest BCUT2D eigenvalue weighted by Gasteiger charge is 2.53. The van der Waals surface area contributed by atoms with Gasteiger partial charge in [0.2, 0.25) is 0 Å². The molecule has 0 N–H and O–H groups in total. The van der Waals surface area contributed by atoms with Crippen LogP contribution in [0.3, 0.4) is 0 Å². The number of fused-ring (bicyclic) bond motifs is 3. The van der Waals surface area contributed by atoms with Crippen LogP contribution in [-0.4, -0.2) is 25.2 Å². The van der Waals surface area contributed by atoms with E-state index in [0.717, 1.165) is 23.7 Å². The molecule has 0 radical (unpaired) electrons. The number of rotatable bonds is 5. The Morgan fingerprint density at radius 2 is 1.67 bits per heavy atom. The number of ether oxygens (including phenoxy) is 3. The second-order valence-electron chi connectivity index (χ2n) is 5.92. The van der Waals surface area contributed by atoms with Crippen LogP contribution in [0, 0.1) is 5.41 Å². The van der Waals surface area contributed by atoms with Crippen LogP contribution in [0.15, 0.2) is 24.3 Å². The van der Waals surface area contributed by atoms with Crippen LogP contribution in [0.25, 0.3) is 0 Å². The van der Waals surface area contributed by atoms with Crippen molar-refractivity contribution in [3.05, 3.63) is 35.4 Å². The van der Waals surface area contributed by atoms with E-state index in [1.54, 1.807) is 0 Å². The molecule has 2 bridgehead atoms.